The van der Waals surface area contributed by atoms with Gasteiger partial charge in [0.05, 0.1) is 15.8 Å². The van der Waals surface area contributed by atoms with Crippen molar-refractivity contribution < 1.29 is 9.53 Å². The van der Waals surface area contributed by atoms with Gasteiger partial charge in [-0.05, 0) is 49.2 Å². The molecule has 0 spiro atoms. The molecule has 1 heterocycles. The van der Waals surface area contributed by atoms with Crippen LogP contribution < -0.4 is 10.1 Å². The minimum atomic E-state index is -0.0782. The molecule has 21 heavy (non-hydrogen) atoms. The average molecular weight is 344 g/mol. The lowest BCUT2D eigenvalue weighted by Crippen LogP contribution is -2.23. The number of halogens is 2. The largest absolute Gasteiger partial charge is 0.494 e. The van der Waals surface area contributed by atoms with Crippen LogP contribution in [-0.2, 0) is 0 Å². The molecule has 2 rings (SSSR count). The van der Waals surface area contributed by atoms with E-state index in [1.54, 1.807) is 24.3 Å². The summed E-state index contributed by atoms with van der Waals surface area (Å²) in [6, 6.07) is 10.7. The summed E-state index contributed by atoms with van der Waals surface area (Å²) in [5.74, 6) is 0.724. The molecule has 3 nitrogen and oxygen atoms in total. The van der Waals surface area contributed by atoms with Crippen molar-refractivity contribution in [3.8, 4) is 5.75 Å². The Morgan fingerprint density at radius 2 is 1.86 bits per heavy atom. The van der Waals surface area contributed by atoms with Crippen molar-refractivity contribution in [3.63, 3.8) is 0 Å². The van der Waals surface area contributed by atoms with Crippen molar-refractivity contribution in [2.24, 2.45) is 0 Å². The Morgan fingerprint density at radius 1 is 1.10 bits per heavy atom. The molecule has 0 aliphatic heterocycles. The molecule has 0 radical (unpaired) electrons. The Morgan fingerprint density at radius 3 is 2.52 bits per heavy atom. The summed E-state index contributed by atoms with van der Waals surface area (Å²) in [7, 11) is 0. The van der Waals surface area contributed by atoms with Gasteiger partial charge in [0.2, 0.25) is 0 Å². The second kappa shape index (κ2) is 8.27. The molecule has 1 aromatic heterocycles. The van der Waals surface area contributed by atoms with Gasteiger partial charge < -0.3 is 10.1 Å². The number of nitrogens with one attached hydrogen (secondary N) is 1. The van der Waals surface area contributed by atoms with Crippen molar-refractivity contribution in [2.45, 2.75) is 12.8 Å². The van der Waals surface area contributed by atoms with Crippen LogP contribution in [0, 0.1) is 0 Å². The SMILES string of the molecule is O=C(NCCCCOc1ccc(Cl)cc1)c1ccc(Cl)s1. The molecular weight excluding hydrogens is 329 g/mol. The average Bonchev–Trinajstić information content (AvgIpc) is 2.91. The second-order valence-corrected chi connectivity index (χ2v) is 6.52. The van der Waals surface area contributed by atoms with E-state index in [4.69, 9.17) is 27.9 Å². The van der Waals surface area contributed by atoms with Crippen molar-refractivity contribution in [1.29, 1.82) is 0 Å². The quantitative estimate of drug-likeness (QED) is 0.743. The van der Waals surface area contributed by atoms with Gasteiger partial charge in [-0.2, -0.15) is 0 Å². The number of carbonyl (C=O) groups is 1. The molecule has 0 unspecified atom stereocenters. The van der Waals surface area contributed by atoms with Gasteiger partial charge in [-0.15, -0.1) is 11.3 Å². The van der Waals surface area contributed by atoms with Gasteiger partial charge in [-0.25, -0.2) is 0 Å². The summed E-state index contributed by atoms with van der Waals surface area (Å²) in [5, 5.41) is 3.55. The Bertz CT molecular complexity index is 584. The molecule has 0 bridgehead atoms. The highest BCUT2D eigenvalue weighted by molar-refractivity contribution is 7.17. The van der Waals surface area contributed by atoms with Crippen LogP contribution >= 0.6 is 34.5 Å². The fourth-order valence-corrected chi connectivity index (χ4v) is 2.76. The molecule has 1 aromatic carbocycles. The van der Waals surface area contributed by atoms with E-state index in [2.05, 4.69) is 5.32 Å². The van der Waals surface area contributed by atoms with Crippen LogP contribution in [0.4, 0.5) is 0 Å². The Balaban J connectivity index is 1.58. The number of thiophene rings is 1. The first-order chi connectivity index (χ1) is 10.1. The van der Waals surface area contributed by atoms with Gasteiger partial charge >= 0.3 is 0 Å². The lowest BCUT2D eigenvalue weighted by molar-refractivity contribution is 0.0956. The van der Waals surface area contributed by atoms with Crippen LogP contribution in [0.3, 0.4) is 0 Å². The standard InChI is InChI=1S/C15H15Cl2NO2S/c16-11-3-5-12(6-4-11)20-10-2-1-9-18-15(19)13-7-8-14(17)21-13/h3-8H,1-2,9-10H2,(H,18,19). The molecule has 6 heteroatoms. The van der Waals surface area contributed by atoms with E-state index in [1.807, 2.05) is 12.1 Å². The minimum Gasteiger partial charge on any atom is -0.494 e. The van der Waals surface area contributed by atoms with Gasteiger partial charge in [0.1, 0.15) is 5.75 Å². The van der Waals surface area contributed by atoms with Gasteiger partial charge in [0, 0.05) is 11.6 Å². The smallest absolute Gasteiger partial charge is 0.261 e. The van der Waals surface area contributed by atoms with Crippen LogP contribution in [0.1, 0.15) is 22.5 Å². The first-order valence-electron chi connectivity index (χ1n) is 6.57. The molecule has 112 valence electrons. The van der Waals surface area contributed by atoms with E-state index in [9.17, 15) is 4.79 Å². The first kappa shape index (κ1) is 16.1. The van der Waals surface area contributed by atoms with Crippen LogP contribution in [0.2, 0.25) is 9.36 Å². The normalized spacial score (nSPS) is 10.4. The van der Waals surface area contributed by atoms with Crippen LogP contribution in [0.15, 0.2) is 36.4 Å². The predicted octanol–water partition coefficient (Wildman–Crippen LogP) is 4.64. The molecule has 0 aliphatic carbocycles. The third-order valence-electron chi connectivity index (χ3n) is 2.74. The van der Waals surface area contributed by atoms with E-state index >= 15 is 0 Å². The molecule has 2 aromatic rings. The molecule has 0 saturated carbocycles. The van der Waals surface area contributed by atoms with Crippen molar-refractivity contribution >= 4 is 40.4 Å². The van der Waals surface area contributed by atoms with Crippen LogP contribution in [-0.4, -0.2) is 19.1 Å². The fourth-order valence-electron chi connectivity index (χ4n) is 1.67. The molecule has 0 fully saturated rings. The number of amides is 1. The number of hydrogen-bond donors (Lipinski definition) is 1. The van der Waals surface area contributed by atoms with E-state index in [-0.39, 0.29) is 5.91 Å². The van der Waals surface area contributed by atoms with Crippen LogP contribution in [0.5, 0.6) is 5.75 Å². The van der Waals surface area contributed by atoms with Gasteiger partial charge in [0.15, 0.2) is 0 Å². The summed E-state index contributed by atoms with van der Waals surface area (Å²) in [6.45, 7) is 1.24. The monoisotopic (exact) mass is 343 g/mol. The molecule has 0 atom stereocenters. The molecular formula is C15H15Cl2NO2S. The maximum Gasteiger partial charge on any atom is 0.261 e. The highest BCUT2D eigenvalue weighted by Crippen LogP contribution is 2.21. The Kier molecular flexibility index (Phi) is 6.36. The molecule has 1 amide bonds. The lowest BCUT2D eigenvalue weighted by atomic mass is 10.3. The zero-order valence-corrected chi connectivity index (χ0v) is 13.6. The summed E-state index contributed by atoms with van der Waals surface area (Å²) in [5.41, 5.74) is 0. The number of benzene rings is 1. The van der Waals surface area contributed by atoms with E-state index in [1.165, 1.54) is 11.3 Å². The van der Waals surface area contributed by atoms with E-state index in [0.717, 1.165) is 18.6 Å². The van der Waals surface area contributed by atoms with Gasteiger partial charge in [-0.1, -0.05) is 23.2 Å². The second-order valence-electron chi connectivity index (χ2n) is 4.37. The third kappa shape index (κ3) is 5.58. The third-order valence-corrected chi connectivity index (χ3v) is 4.22. The summed E-state index contributed by atoms with van der Waals surface area (Å²) < 4.78 is 6.19. The molecule has 1 N–H and O–H groups in total. The summed E-state index contributed by atoms with van der Waals surface area (Å²) >= 11 is 12.9. The minimum absolute atomic E-state index is 0.0782. The zero-order chi connectivity index (χ0) is 15.1. The Hall–Kier alpha value is -1.23. The van der Waals surface area contributed by atoms with Gasteiger partial charge in [0.25, 0.3) is 5.91 Å². The fraction of sp³-hybridized carbons (Fsp3) is 0.267. The number of carbonyl (C=O) groups excluding carboxylic acids is 1. The maximum atomic E-state index is 11.7. The highest BCUT2D eigenvalue weighted by Gasteiger charge is 2.07. The molecule has 0 aliphatic rings. The van der Waals surface area contributed by atoms with Gasteiger partial charge in [-0.3, -0.25) is 4.79 Å². The maximum absolute atomic E-state index is 11.7. The number of hydrogen-bond acceptors (Lipinski definition) is 3. The van der Waals surface area contributed by atoms with Crippen molar-refractivity contribution in [1.82, 2.24) is 5.32 Å². The van der Waals surface area contributed by atoms with E-state index < -0.39 is 0 Å². The first-order valence-corrected chi connectivity index (χ1v) is 8.14. The van der Waals surface area contributed by atoms with Crippen LogP contribution in [0.25, 0.3) is 0 Å². The molecule has 0 saturated heterocycles. The topological polar surface area (TPSA) is 38.3 Å². The number of ether oxygens (including phenoxy) is 1. The lowest BCUT2D eigenvalue weighted by Gasteiger charge is -2.06. The van der Waals surface area contributed by atoms with Crippen molar-refractivity contribution in [3.05, 3.63) is 50.6 Å². The van der Waals surface area contributed by atoms with Crippen molar-refractivity contribution in [2.75, 3.05) is 13.2 Å². The highest BCUT2D eigenvalue weighted by atomic mass is 35.5. The summed E-state index contributed by atoms with van der Waals surface area (Å²) in [6.07, 6.45) is 1.73. The Labute approximate surface area is 137 Å². The predicted molar refractivity (Wildman–Crippen MR) is 87.8 cm³/mol. The number of rotatable bonds is 7. The zero-order valence-electron chi connectivity index (χ0n) is 11.3. The number of unbranched alkanes of at least 4 members (excludes halogenated alkanes) is 1. The summed E-state index contributed by atoms with van der Waals surface area (Å²) in [4.78, 5) is 12.4. The van der Waals surface area contributed by atoms with E-state index in [0.29, 0.717) is 27.4 Å².